The van der Waals surface area contributed by atoms with E-state index in [4.69, 9.17) is 0 Å². The molecule has 0 spiro atoms. The Balaban J connectivity index is 2.09. The Morgan fingerprint density at radius 2 is 1.78 bits per heavy atom. The van der Waals surface area contributed by atoms with E-state index in [2.05, 4.69) is 0 Å². The molecule has 0 saturated heterocycles. The van der Waals surface area contributed by atoms with Crippen molar-refractivity contribution in [3.8, 4) is 0 Å². The Morgan fingerprint density at radius 1 is 1.13 bits per heavy atom. The van der Waals surface area contributed by atoms with Gasteiger partial charge in [-0.05, 0) is 23.8 Å². The summed E-state index contributed by atoms with van der Waals surface area (Å²) in [5, 5.41) is 0. The van der Waals surface area contributed by atoms with Gasteiger partial charge in [-0.2, -0.15) is 13.2 Å². The number of pyridine rings is 1. The molecule has 0 aliphatic heterocycles. The van der Waals surface area contributed by atoms with Crippen molar-refractivity contribution < 1.29 is 18.0 Å². The molecule has 2 rings (SSSR count). The van der Waals surface area contributed by atoms with Crippen molar-refractivity contribution in [1.82, 2.24) is 9.47 Å². The lowest BCUT2D eigenvalue weighted by Crippen LogP contribution is -2.35. The van der Waals surface area contributed by atoms with Crippen LogP contribution in [0.4, 0.5) is 13.2 Å². The molecule has 4 nitrogen and oxygen atoms in total. The predicted octanol–water partition coefficient (Wildman–Crippen LogP) is 2.53. The first-order chi connectivity index (χ1) is 10.8. The van der Waals surface area contributed by atoms with Crippen molar-refractivity contribution in [3.63, 3.8) is 0 Å². The molecule has 0 aliphatic carbocycles. The summed E-state index contributed by atoms with van der Waals surface area (Å²) >= 11 is 0. The third-order valence-electron chi connectivity index (χ3n) is 3.22. The molecule has 0 saturated carbocycles. The summed E-state index contributed by atoms with van der Waals surface area (Å²) in [5.41, 5.74) is 0.784. The maximum absolute atomic E-state index is 12.3. The van der Waals surface area contributed by atoms with Gasteiger partial charge in [-0.3, -0.25) is 9.59 Å². The molecule has 1 aromatic heterocycles. The Labute approximate surface area is 130 Å². The van der Waals surface area contributed by atoms with Gasteiger partial charge < -0.3 is 9.47 Å². The molecule has 2 aromatic rings. The molecule has 0 atom stereocenters. The number of benzene rings is 1. The maximum Gasteiger partial charge on any atom is 0.406 e. The zero-order valence-corrected chi connectivity index (χ0v) is 12.4. The largest absolute Gasteiger partial charge is 0.406 e. The van der Waals surface area contributed by atoms with Crippen LogP contribution in [0, 0.1) is 0 Å². The standard InChI is InChI=1S/C16H15F3N2O2/c1-20(11-16(17,18)19)15(23)13-7-5-12(6-8-13)10-21-9-3-2-4-14(21)22/h2-9H,10-11H2,1H3. The Kier molecular flexibility index (Phi) is 4.88. The quantitative estimate of drug-likeness (QED) is 0.867. The fourth-order valence-corrected chi connectivity index (χ4v) is 2.10. The molecule has 0 bridgehead atoms. The van der Waals surface area contributed by atoms with Gasteiger partial charge in [0.2, 0.25) is 0 Å². The predicted molar refractivity (Wildman–Crippen MR) is 79.3 cm³/mol. The van der Waals surface area contributed by atoms with E-state index in [1.54, 1.807) is 30.5 Å². The second-order valence-electron chi connectivity index (χ2n) is 5.14. The first-order valence-electron chi connectivity index (χ1n) is 6.83. The van der Waals surface area contributed by atoms with Crippen LogP contribution in [0.5, 0.6) is 0 Å². The summed E-state index contributed by atoms with van der Waals surface area (Å²) in [6, 6.07) is 11.0. The average Bonchev–Trinajstić information content (AvgIpc) is 2.48. The number of carbonyl (C=O) groups excluding carboxylic acids is 1. The normalized spacial score (nSPS) is 11.3. The van der Waals surface area contributed by atoms with Crippen LogP contribution in [-0.2, 0) is 6.54 Å². The first-order valence-corrected chi connectivity index (χ1v) is 6.83. The number of nitrogens with zero attached hydrogens (tertiary/aromatic N) is 2. The third kappa shape index (κ3) is 4.70. The van der Waals surface area contributed by atoms with Crippen molar-refractivity contribution in [1.29, 1.82) is 0 Å². The number of aromatic nitrogens is 1. The molecule has 23 heavy (non-hydrogen) atoms. The van der Waals surface area contributed by atoms with E-state index >= 15 is 0 Å². The summed E-state index contributed by atoms with van der Waals surface area (Å²) in [7, 11) is 1.10. The van der Waals surface area contributed by atoms with Gasteiger partial charge in [-0.1, -0.05) is 18.2 Å². The zero-order chi connectivity index (χ0) is 17.0. The highest BCUT2D eigenvalue weighted by atomic mass is 19.4. The Hall–Kier alpha value is -2.57. The fraction of sp³-hybridized carbons (Fsp3) is 0.250. The number of amides is 1. The topological polar surface area (TPSA) is 42.3 Å². The van der Waals surface area contributed by atoms with Gasteiger partial charge in [0.05, 0.1) is 6.54 Å². The van der Waals surface area contributed by atoms with Crippen LogP contribution in [0.15, 0.2) is 53.5 Å². The summed E-state index contributed by atoms with van der Waals surface area (Å²) in [4.78, 5) is 24.2. The van der Waals surface area contributed by atoms with Gasteiger partial charge >= 0.3 is 6.18 Å². The molecule has 7 heteroatoms. The highest BCUT2D eigenvalue weighted by molar-refractivity contribution is 5.94. The lowest BCUT2D eigenvalue weighted by atomic mass is 10.1. The van der Waals surface area contributed by atoms with Gasteiger partial charge in [0.1, 0.15) is 6.54 Å². The van der Waals surface area contributed by atoms with Crippen LogP contribution < -0.4 is 5.56 Å². The van der Waals surface area contributed by atoms with Crippen molar-refractivity contribution in [2.75, 3.05) is 13.6 Å². The van der Waals surface area contributed by atoms with Crippen LogP contribution in [0.25, 0.3) is 0 Å². The third-order valence-corrected chi connectivity index (χ3v) is 3.22. The lowest BCUT2D eigenvalue weighted by molar-refractivity contribution is -0.138. The van der Waals surface area contributed by atoms with Crippen molar-refractivity contribution in [2.24, 2.45) is 0 Å². The minimum atomic E-state index is -4.43. The molecule has 1 amide bonds. The maximum atomic E-state index is 12.3. The smallest absolute Gasteiger partial charge is 0.333 e. The molecule has 122 valence electrons. The molecule has 1 aromatic carbocycles. The SMILES string of the molecule is CN(CC(F)(F)F)C(=O)c1ccc(Cn2ccccc2=O)cc1. The van der Waals surface area contributed by atoms with E-state index in [1.807, 2.05) is 0 Å². The van der Waals surface area contributed by atoms with Crippen LogP contribution in [-0.4, -0.2) is 35.1 Å². The van der Waals surface area contributed by atoms with Crippen molar-refractivity contribution >= 4 is 5.91 Å². The molecule has 0 aliphatic rings. The van der Waals surface area contributed by atoms with Crippen LogP contribution in [0.3, 0.4) is 0 Å². The van der Waals surface area contributed by atoms with Gasteiger partial charge in [-0.25, -0.2) is 0 Å². The van der Waals surface area contributed by atoms with E-state index in [-0.39, 0.29) is 11.1 Å². The highest BCUT2D eigenvalue weighted by Gasteiger charge is 2.31. The van der Waals surface area contributed by atoms with Crippen LogP contribution >= 0.6 is 0 Å². The number of alkyl halides is 3. The Bertz CT molecular complexity index is 736. The monoisotopic (exact) mass is 324 g/mol. The molecular weight excluding hydrogens is 309 g/mol. The molecule has 0 N–H and O–H groups in total. The Morgan fingerprint density at radius 3 is 2.35 bits per heavy atom. The van der Waals surface area contributed by atoms with Crippen molar-refractivity contribution in [3.05, 3.63) is 70.1 Å². The van der Waals surface area contributed by atoms with Crippen molar-refractivity contribution in [2.45, 2.75) is 12.7 Å². The van der Waals surface area contributed by atoms with E-state index in [0.29, 0.717) is 11.4 Å². The minimum Gasteiger partial charge on any atom is -0.333 e. The number of halogens is 3. The van der Waals surface area contributed by atoms with E-state index < -0.39 is 18.6 Å². The summed E-state index contributed by atoms with van der Waals surface area (Å²) < 4.78 is 38.4. The van der Waals surface area contributed by atoms with Crippen LogP contribution in [0.2, 0.25) is 0 Å². The number of hydrogen-bond donors (Lipinski definition) is 0. The molecule has 1 heterocycles. The second-order valence-corrected chi connectivity index (χ2v) is 5.14. The molecule has 0 fully saturated rings. The second kappa shape index (κ2) is 6.68. The summed E-state index contributed by atoms with van der Waals surface area (Å²) in [6.45, 7) is -0.973. The fourth-order valence-electron chi connectivity index (χ4n) is 2.10. The number of hydrogen-bond acceptors (Lipinski definition) is 2. The zero-order valence-electron chi connectivity index (χ0n) is 12.4. The van der Waals surface area contributed by atoms with Gasteiger partial charge in [-0.15, -0.1) is 0 Å². The molecular formula is C16H15F3N2O2. The van der Waals surface area contributed by atoms with Crippen LogP contribution in [0.1, 0.15) is 15.9 Å². The van der Waals surface area contributed by atoms with E-state index in [1.165, 1.54) is 22.8 Å². The highest BCUT2D eigenvalue weighted by Crippen LogP contribution is 2.17. The summed E-state index contributed by atoms with van der Waals surface area (Å²) in [5.74, 6) is -0.703. The first kappa shape index (κ1) is 16.8. The van der Waals surface area contributed by atoms with Gasteiger partial charge in [0, 0.05) is 24.9 Å². The van der Waals surface area contributed by atoms with E-state index in [9.17, 15) is 22.8 Å². The average molecular weight is 324 g/mol. The van der Waals surface area contributed by atoms with Gasteiger partial charge in [0.15, 0.2) is 0 Å². The van der Waals surface area contributed by atoms with E-state index in [0.717, 1.165) is 12.6 Å². The summed E-state index contributed by atoms with van der Waals surface area (Å²) in [6.07, 6.45) is -2.79. The number of rotatable bonds is 4. The molecule has 0 radical (unpaired) electrons. The van der Waals surface area contributed by atoms with Gasteiger partial charge in [0.25, 0.3) is 11.5 Å². The minimum absolute atomic E-state index is 0.155. The number of carbonyl (C=O) groups is 1. The lowest BCUT2D eigenvalue weighted by Gasteiger charge is -2.19. The molecule has 0 unspecified atom stereocenters.